The number of non-ortho nitro benzene ring substituents is 1. The van der Waals surface area contributed by atoms with Crippen molar-refractivity contribution in [1.82, 2.24) is 4.72 Å². The van der Waals surface area contributed by atoms with Gasteiger partial charge in [0.15, 0.2) is 0 Å². The molecule has 0 aromatic heterocycles. The molecule has 9 heteroatoms. The van der Waals surface area contributed by atoms with Crippen LogP contribution in [0, 0.1) is 15.5 Å². The summed E-state index contributed by atoms with van der Waals surface area (Å²) in [6.07, 6.45) is 0. The molecular formula is C9H13N5O3S. The second kappa shape index (κ2) is 5.87. The Hall–Kier alpha value is -2.29. The first-order valence-electron chi connectivity index (χ1n) is 4.81. The van der Waals surface area contributed by atoms with Crippen molar-refractivity contribution in [3.63, 3.8) is 0 Å². The number of primary amides is 1. The summed E-state index contributed by atoms with van der Waals surface area (Å²) in [6.45, 7) is 0. The summed E-state index contributed by atoms with van der Waals surface area (Å²) in [5.74, 6) is 0.311. The predicted octanol–water partition coefficient (Wildman–Crippen LogP) is 0.573. The van der Waals surface area contributed by atoms with Crippen LogP contribution in [0.2, 0.25) is 0 Å². The van der Waals surface area contributed by atoms with Gasteiger partial charge >= 0.3 is 6.03 Å². The van der Waals surface area contributed by atoms with Crippen LogP contribution in [0.5, 0.6) is 0 Å². The van der Waals surface area contributed by atoms with Crippen molar-refractivity contribution in [2.45, 2.75) is 5.75 Å². The van der Waals surface area contributed by atoms with Gasteiger partial charge in [-0.2, -0.15) is 0 Å². The molecule has 0 saturated carbocycles. The van der Waals surface area contributed by atoms with E-state index in [2.05, 4.69) is 4.72 Å². The molecule has 0 aliphatic carbocycles. The number of nitrogens with one attached hydrogen (secondary N) is 2. The average molecular weight is 271 g/mol. The summed E-state index contributed by atoms with van der Waals surface area (Å²) in [5, 5.41) is 17.6. The number of urea groups is 1. The Morgan fingerprint density at radius 1 is 1.39 bits per heavy atom. The highest BCUT2D eigenvalue weighted by Crippen LogP contribution is 2.26. The number of nitro groups is 1. The summed E-state index contributed by atoms with van der Waals surface area (Å²) in [7, 11) is 0. The number of carbonyl (C=O) groups excluding carboxylic acids is 1. The highest BCUT2D eigenvalue weighted by Gasteiger charge is 2.11. The molecule has 0 heterocycles. The Balaban J connectivity index is 2.78. The van der Waals surface area contributed by atoms with Gasteiger partial charge in [0.2, 0.25) is 0 Å². The number of rotatable bonds is 3. The molecule has 1 aromatic rings. The van der Waals surface area contributed by atoms with Crippen LogP contribution < -0.4 is 16.2 Å². The molecule has 2 amide bonds. The van der Waals surface area contributed by atoms with Gasteiger partial charge in [0.1, 0.15) is 5.17 Å². The van der Waals surface area contributed by atoms with Gasteiger partial charge in [0.25, 0.3) is 5.69 Å². The van der Waals surface area contributed by atoms with E-state index in [4.69, 9.17) is 16.9 Å². The van der Waals surface area contributed by atoms with E-state index in [0.717, 1.165) is 5.56 Å². The third kappa shape index (κ3) is 3.94. The van der Waals surface area contributed by atoms with E-state index in [9.17, 15) is 14.9 Å². The third-order valence-corrected chi connectivity index (χ3v) is 3.78. The molecule has 0 aliphatic heterocycles. The highest BCUT2D eigenvalue weighted by atomic mass is 32.2. The fourth-order valence-electron chi connectivity index (χ4n) is 1.22. The molecule has 8 nitrogen and oxygen atoms in total. The van der Waals surface area contributed by atoms with Gasteiger partial charge in [-0.1, -0.05) is 12.1 Å². The smallest absolute Gasteiger partial charge is 0.321 e. The zero-order valence-electron chi connectivity index (χ0n) is 9.29. The molecule has 0 saturated heterocycles. The van der Waals surface area contributed by atoms with E-state index in [1.165, 1.54) is 12.1 Å². The monoisotopic (exact) mass is 271 g/mol. The van der Waals surface area contributed by atoms with Crippen molar-refractivity contribution in [3.8, 4) is 0 Å². The molecule has 1 rings (SSSR count). The van der Waals surface area contributed by atoms with Gasteiger partial charge in [0, 0.05) is 17.9 Å². The molecule has 1 unspecified atom stereocenters. The summed E-state index contributed by atoms with van der Waals surface area (Å²) in [4.78, 5) is 20.7. The molecular weight excluding hydrogens is 258 g/mol. The normalized spacial score (nSPS) is 12.6. The molecule has 0 aliphatic rings. The van der Waals surface area contributed by atoms with Crippen LogP contribution in [0.25, 0.3) is 0 Å². The van der Waals surface area contributed by atoms with Crippen LogP contribution in [0.3, 0.4) is 0 Å². The van der Waals surface area contributed by atoms with Crippen LogP contribution in [0.4, 0.5) is 10.5 Å². The molecule has 1 atom stereocenters. The number of carbonyl (C=O) groups is 1. The minimum absolute atomic E-state index is 0.0197. The lowest BCUT2D eigenvalue weighted by molar-refractivity contribution is -0.384. The average Bonchev–Trinajstić information content (AvgIpc) is 2.28. The molecule has 6 N–H and O–H groups in total. The Morgan fingerprint density at radius 2 is 1.94 bits per heavy atom. The van der Waals surface area contributed by atoms with Gasteiger partial charge < -0.3 is 11.5 Å². The van der Waals surface area contributed by atoms with Crippen LogP contribution in [0.15, 0.2) is 24.3 Å². The fourth-order valence-corrected chi connectivity index (χ4v) is 2.44. The number of nitrogens with zero attached hydrogens (tertiary/aromatic N) is 1. The van der Waals surface area contributed by atoms with E-state index in [1.54, 1.807) is 12.1 Å². The number of thiol groups is 1. The topological polar surface area (TPSA) is 148 Å². The van der Waals surface area contributed by atoms with Gasteiger partial charge in [-0.15, -0.1) is 11.1 Å². The summed E-state index contributed by atoms with van der Waals surface area (Å²) >= 11 is -1.39. The van der Waals surface area contributed by atoms with E-state index < -0.39 is 22.0 Å². The first-order chi connectivity index (χ1) is 8.40. The number of nitro benzene ring substituents is 1. The number of benzene rings is 1. The van der Waals surface area contributed by atoms with Gasteiger partial charge in [-0.05, 0) is 5.56 Å². The van der Waals surface area contributed by atoms with Crippen molar-refractivity contribution in [2.24, 2.45) is 11.5 Å². The van der Waals surface area contributed by atoms with Gasteiger partial charge in [0.05, 0.1) is 4.92 Å². The third-order valence-electron chi connectivity index (χ3n) is 2.02. The lowest BCUT2D eigenvalue weighted by Gasteiger charge is -2.20. The van der Waals surface area contributed by atoms with Crippen molar-refractivity contribution in [3.05, 3.63) is 39.9 Å². The molecule has 0 bridgehead atoms. The first kappa shape index (κ1) is 13.8. The summed E-state index contributed by atoms with van der Waals surface area (Å²) in [5.41, 5.74) is 11.0. The van der Waals surface area contributed by atoms with Gasteiger partial charge in [-0.25, -0.2) is 4.79 Å². The number of amidine groups is 1. The lowest BCUT2D eigenvalue weighted by Crippen LogP contribution is -2.32. The number of hydrogen-bond acceptors (Lipinski definition) is 4. The van der Waals surface area contributed by atoms with Crippen LogP contribution in [0.1, 0.15) is 5.56 Å². The zero-order chi connectivity index (χ0) is 13.7. The summed E-state index contributed by atoms with van der Waals surface area (Å²) < 4.78 is 2.39. The Morgan fingerprint density at radius 3 is 2.33 bits per heavy atom. The van der Waals surface area contributed by atoms with E-state index in [-0.39, 0.29) is 10.9 Å². The summed E-state index contributed by atoms with van der Waals surface area (Å²) in [6, 6.07) is 5.07. The minimum atomic E-state index is -1.39. The number of amides is 2. The SMILES string of the molecule is N=C(N)[SH](Cc1ccc([N+](=O)[O-])cc1)NC(N)=O. The molecule has 0 spiro atoms. The second-order valence-electron chi connectivity index (χ2n) is 3.37. The zero-order valence-corrected chi connectivity index (χ0v) is 10.2. The molecule has 0 fully saturated rings. The van der Waals surface area contributed by atoms with Crippen molar-refractivity contribution in [1.29, 1.82) is 5.41 Å². The largest absolute Gasteiger partial charge is 0.379 e. The van der Waals surface area contributed by atoms with Crippen molar-refractivity contribution >= 4 is 28.0 Å². The van der Waals surface area contributed by atoms with Crippen molar-refractivity contribution < 1.29 is 9.72 Å². The highest BCUT2D eigenvalue weighted by molar-refractivity contribution is 8.28. The predicted molar refractivity (Wildman–Crippen MR) is 70.4 cm³/mol. The van der Waals surface area contributed by atoms with Crippen molar-refractivity contribution in [2.75, 3.05) is 0 Å². The second-order valence-corrected chi connectivity index (χ2v) is 5.25. The Bertz CT molecular complexity index is 476. The van der Waals surface area contributed by atoms with E-state index >= 15 is 0 Å². The Labute approximate surface area is 105 Å². The number of nitrogens with two attached hydrogens (primary N) is 2. The quantitative estimate of drug-likeness (QED) is 0.180. The first-order valence-corrected chi connectivity index (χ1v) is 6.34. The Kier molecular flexibility index (Phi) is 4.49. The van der Waals surface area contributed by atoms with Crippen LogP contribution in [-0.2, 0) is 5.75 Å². The van der Waals surface area contributed by atoms with Crippen LogP contribution >= 0.6 is 11.1 Å². The maximum absolute atomic E-state index is 10.7. The van der Waals surface area contributed by atoms with Gasteiger partial charge in [-0.3, -0.25) is 20.2 Å². The molecule has 0 radical (unpaired) electrons. The maximum atomic E-state index is 10.7. The fraction of sp³-hybridized carbons (Fsp3) is 0.111. The van der Waals surface area contributed by atoms with E-state index in [0.29, 0.717) is 5.75 Å². The standard InChI is InChI=1S/C9H13N5O3S/c10-8(11)18(13-9(12)15)5-6-1-3-7(4-2-6)14(16)17/h1-4,18H,5H2,(H3,10,11)(H3,12,13,15). The molecule has 18 heavy (non-hydrogen) atoms. The van der Waals surface area contributed by atoms with Crippen LogP contribution in [-0.4, -0.2) is 16.1 Å². The maximum Gasteiger partial charge on any atom is 0.321 e. The number of hydrogen-bond donors (Lipinski definition) is 5. The molecule has 1 aromatic carbocycles. The lowest BCUT2D eigenvalue weighted by atomic mass is 10.2. The molecule has 98 valence electrons. The minimum Gasteiger partial charge on any atom is -0.379 e. The van der Waals surface area contributed by atoms with E-state index in [1.807, 2.05) is 0 Å².